The van der Waals surface area contributed by atoms with Gasteiger partial charge in [0.2, 0.25) is 0 Å². The van der Waals surface area contributed by atoms with Gasteiger partial charge in [0.15, 0.2) is 0 Å². The Labute approximate surface area is 190 Å². The second-order valence-electron chi connectivity index (χ2n) is 8.79. The summed E-state index contributed by atoms with van der Waals surface area (Å²) in [6, 6.07) is 3.33. The molecule has 2 heterocycles. The van der Waals surface area contributed by atoms with E-state index in [-0.39, 0.29) is 5.52 Å². The van der Waals surface area contributed by atoms with Crippen molar-refractivity contribution in [2.24, 2.45) is 0 Å². The smallest absolute Gasteiger partial charge is 0.416 e. The van der Waals surface area contributed by atoms with Gasteiger partial charge in [0.25, 0.3) is 0 Å². The number of fused-ring (bicyclic) bond motifs is 1. The summed E-state index contributed by atoms with van der Waals surface area (Å²) in [5.41, 5.74) is 0.510. The van der Waals surface area contributed by atoms with Gasteiger partial charge >= 0.3 is 12.3 Å². The van der Waals surface area contributed by atoms with E-state index in [1.807, 2.05) is 27.0 Å². The maximum absolute atomic E-state index is 13.0. The number of alkyl carbamates (subject to hydrolysis) is 1. The number of rotatable bonds is 8. The molecule has 0 spiro atoms. The number of unbranched alkanes of at least 4 members (excludes halogenated alkanes) is 3. The van der Waals surface area contributed by atoms with Crippen LogP contribution in [-0.2, 0) is 17.5 Å². The van der Waals surface area contributed by atoms with E-state index in [0.29, 0.717) is 29.9 Å². The van der Waals surface area contributed by atoms with Crippen LogP contribution >= 0.6 is 0 Å². The number of carbonyl (C=O) groups excluding carboxylic acids is 1. The molecule has 0 saturated heterocycles. The highest BCUT2D eigenvalue weighted by molar-refractivity contribution is 5.77. The number of aromatic nitrogens is 4. The van der Waals surface area contributed by atoms with Crippen LogP contribution in [0.2, 0.25) is 0 Å². The van der Waals surface area contributed by atoms with Crippen LogP contribution in [0.25, 0.3) is 22.3 Å². The lowest BCUT2D eigenvalue weighted by molar-refractivity contribution is -0.137. The number of alkyl halides is 3. The molecule has 1 N–H and O–H groups in total. The fourth-order valence-electron chi connectivity index (χ4n) is 3.20. The highest BCUT2D eigenvalue weighted by Crippen LogP contribution is 2.31. The number of nitrogens with zero attached hydrogens (tertiary/aromatic N) is 4. The lowest BCUT2D eigenvalue weighted by atomic mass is 10.1. The third-order valence-corrected chi connectivity index (χ3v) is 4.78. The standard InChI is InChI=1S/C23H28F3N5O2/c1-22(2,3)33-21(32)27-10-6-4-5-7-11-31-15-16(13-29-31)20-14-28-18-9-8-17(23(24,25)26)12-19(18)30-20/h8-9,12-15H,4-7,10-11H2,1-3H3,(H,27,32). The van der Waals surface area contributed by atoms with E-state index in [4.69, 9.17) is 4.74 Å². The molecule has 3 rings (SSSR count). The largest absolute Gasteiger partial charge is 0.444 e. The summed E-state index contributed by atoms with van der Waals surface area (Å²) >= 11 is 0. The Morgan fingerprint density at radius 2 is 1.82 bits per heavy atom. The van der Waals surface area contributed by atoms with Gasteiger partial charge < -0.3 is 10.1 Å². The van der Waals surface area contributed by atoms with Crippen LogP contribution in [0.3, 0.4) is 0 Å². The number of benzene rings is 1. The van der Waals surface area contributed by atoms with Crippen molar-refractivity contribution in [1.29, 1.82) is 0 Å². The minimum absolute atomic E-state index is 0.190. The van der Waals surface area contributed by atoms with Crippen molar-refractivity contribution < 1.29 is 22.7 Å². The molecule has 2 aromatic heterocycles. The molecule has 1 amide bonds. The van der Waals surface area contributed by atoms with E-state index >= 15 is 0 Å². The van der Waals surface area contributed by atoms with Crippen LogP contribution < -0.4 is 5.32 Å². The first-order chi connectivity index (χ1) is 15.5. The zero-order chi connectivity index (χ0) is 24.1. The Kier molecular flexibility index (Phi) is 7.55. The summed E-state index contributed by atoms with van der Waals surface area (Å²) in [5, 5.41) is 7.06. The number of amides is 1. The van der Waals surface area contributed by atoms with Gasteiger partial charge in [-0.05, 0) is 51.8 Å². The molecular formula is C23H28F3N5O2. The molecule has 0 bridgehead atoms. The predicted octanol–water partition coefficient (Wildman–Crippen LogP) is 5.60. The summed E-state index contributed by atoms with van der Waals surface area (Å²) in [7, 11) is 0. The predicted molar refractivity (Wildman–Crippen MR) is 118 cm³/mol. The first-order valence-electron chi connectivity index (χ1n) is 10.8. The van der Waals surface area contributed by atoms with Crippen molar-refractivity contribution in [2.75, 3.05) is 6.54 Å². The molecule has 0 unspecified atom stereocenters. The Morgan fingerprint density at radius 3 is 2.55 bits per heavy atom. The Balaban J connectivity index is 1.46. The highest BCUT2D eigenvalue weighted by atomic mass is 19.4. The van der Waals surface area contributed by atoms with Crippen LogP contribution in [0.1, 0.15) is 52.0 Å². The topological polar surface area (TPSA) is 81.9 Å². The molecule has 7 nitrogen and oxygen atoms in total. The van der Waals surface area contributed by atoms with Gasteiger partial charge in [0.1, 0.15) is 5.60 Å². The maximum Gasteiger partial charge on any atom is 0.416 e. The number of hydrogen-bond acceptors (Lipinski definition) is 5. The van der Waals surface area contributed by atoms with Gasteiger partial charge in [-0.1, -0.05) is 12.8 Å². The van der Waals surface area contributed by atoms with E-state index in [2.05, 4.69) is 20.4 Å². The van der Waals surface area contributed by atoms with Crippen molar-refractivity contribution >= 4 is 17.1 Å². The third kappa shape index (κ3) is 7.44. The van der Waals surface area contributed by atoms with E-state index < -0.39 is 23.4 Å². The number of hydrogen-bond donors (Lipinski definition) is 1. The SMILES string of the molecule is CC(C)(C)OC(=O)NCCCCCCn1cc(-c2cnc3ccc(C(F)(F)F)cc3n2)cn1. The van der Waals surface area contributed by atoms with Gasteiger partial charge in [-0.25, -0.2) is 9.78 Å². The van der Waals surface area contributed by atoms with Crippen LogP contribution in [0.4, 0.5) is 18.0 Å². The molecule has 10 heteroatoms. The second kappa shape index (κ2) is 10.2. The van der Waals surface area contributed by atoms with Gasteiger partial charge in [-0.3, -0.25) is 9.67 Å². The normalized spacial score (nSPS) is 12.2. The van der Waals surface area contributed by atoms with Crippen molar-refractivity contribution in [3.8, 4) is 11.3 Å². The molecule has 3 aromatic rings. The summed E-state index contributed by atoms with van der Waals surface area (Å²) in [6.07, 6.45) is 3.85. The average molecular weight is 464 g/mol. The fraction of sp³-hybridized carbons (Fsp3) is 0.478. The van der Waals surface area contributed by atoms with Crippen LogP contribution in [-0.4, -0.2) is 38.0 Å². The maximum atomic E-state index is 13.0. The van der Waals surface area contributed by atoms with Crippen molar-refractivity contribution in [2.45, 2.75) is 64.8 Å². The molecular weight excluding hydrogens is 435 g/mol. The summed E-state index contributed by atoms with van der Waals surface area (Å²) in [6.45, 7) is 6.74. The van der Waals surface area contributed by atoms with E-state index in [1.54, 1.807) is 10.9 Å². The van der Waals surface area contributed by atoms with E-state index in [9.17, 15) is 18.0 Å². The number of carbonyl (C=O) groups is 1. The molecule has 0 aliphatic heterocycles. The molecule has 0 atom stereocenters. The zero-order valence-corrected chi connectivity index (χ0v) is 18.9. The molecule has 0 radical (unpaired) electrons. The molecule has 0 saturated carbocycles. The van der Waals surface area contributed by atoms with Gasteiger partial charge in [0, 0.05) is 24.8 Å². The number of ether oxygens (including phenoxy) is 1. The molecule has 0 aliphatic rings. The molecule has 0 aliphatic carbocycles. The lowest BCUT2D eigenvalue weighted by Crippen LogP contribution is -2.32. The molecule has 178 valence electrons. The number of aryl methyl sites for hydroxylation is 1. The Bertz CT molecular complexity index is 1090. The molecule has 33 heavy (non-hydrogen) atoms. The highest BCUT2D eigenvalue weighted by Gasteiger charge is 2.30. The summed E-state index contributed by atoms with van der Waals surface area (Å²) < 4.78 is 45.9. The first-order valence-corrected chi connectivity index (χ1v) is 10.8. The quantitative estimate of drug-likeness (QED) is 0.440. The first kappa shape index (κ1) is 24.5. The van der Waals surface area contributed by atoms with Crippen molar-refractivity contribution in [3.63, 3.8) is 0 Å². The summed E-state index contributed by atoms with van der Waals surface area (Å²) in [5.74, 6) is 0. The minimum Gasteiger partial charge on any atom is -0.444 e. The summed E-state index contributed by atoms with van der Waals surface area (Å²) in [4.78, 5) is 20.1. The third-order valence-electron chi connectivity index (χ3n) is 4.78. The fourth-order valence-corrected chi connectivity index (χ4v) is 3.20. The monoisotopic (exact) mass is 463 g/mol. The number of halogens is 3. The Hall–Kier alpha value is -3.17. The van der Waals surface area contributed by atoms with Gasteiger partial charge in [-0.15, -0.1) is 0 Å². The number of nitrogens with one attached hydrogen (secondary N) is 1. The second-order valence-corrected chi connectivity index (χ2v) is 8.79. The van der Waals surface area contributed by atoms with Crippen LogP contribution in [0.15, 0.2) is 36.8 Å². The van der Waals surface area contributed by atoms with Gasteiger partial charge in [-0.2, -0.15) is 18.3 Å². The molecule has 1 aromatic carbocycles. The van der Waals surface area contributed by atoms with Crippen molar-refractivity contribution in [1.82, 2.24) is 25.1 Å². The van der Waals surface area contributed by atoms with Crippen LogP contribution in [0.5, 0.6) is 0 Å². The van der Waals surface area contributed by atoms with Gasteiger partial charge in [0.05, 0.1) is 34.7 Å². The van der Waals surface area contributed by atoms with Crippen molar-refractivity contribution in [3.05, 3.63) is 42.4 Å². The average Bonchev–Trinajstić information content (AvgIpc) is 3.19. The zero-order valence-electron chi connectivity index (χ0n) is 18.9. The Morgan fingerprint density at radius 1 is 1.06 bits per heavy atom. The van der Waals surface area contributed by atoms with E-state index in [1.165, 1.54) is 12.3 Å². The van der Waals surface area contributed by atoms with Crippen LogP contribution in [0, 0.1) is 0 Å². The molecule has 0 fully saturated rings. The van der Waals surface area contributed by atoms with E-state index in [0.717, 1.165) is 37.8 Å². The minimum atomic E-state index is -4.43. The lowest BCUT2D eigenvalue weighted by Gasteiger charge is -2.19.